The van der Waals surface area contributed by atoms with Gasteiger partial charge < -0.3 is 20.9 Å². The van der Waals surface area contributed by atoms with Crippen LogP contribution < -0.4 is 16.0 Å². The van der Waals surface area contributed by atoms with Crippen LogP contribution in [-0.2, 0) is 4.79 Å². The highest BCUT2D eigenvalue weighted by molar-refractivity contribution is 7.19. The Morgan fingerprint density at radius 3 is 2.48 bits per heavy atom. The first-order valence-electron chi connectivity index (χ1n) is 13.6. The van der Waals surface area contributed by atoms with Crippen LogP contribution in [0.4, 0.5) is 5.00 Å². The van der Waals surface area contributed by atoms with E-state index in [0.29, 0.717) is 33.4 Å². The topological polar surface area (TPSA) is 130 Å². The highest BCUT2D eigenvalue weighted by atomic mass is 35.5. The zero-order chi connectivity index (χ0) is 29.0. The summed E-state index contributed by atoms with van der Waals surface area (Å²) in [5, 5.41) is 21.9. The molecule has 9 nitrogen and oxygen atoms in total. The van der Waals surface area contributed by atoms with Crippen molar-refractivity contribution in [1.82, 2.24) is 15.1 Å². The summed E-state index contributed by atoms with van der Waals surface area (Å²) in [5.74, 6) is -0.819. The number of anilines is 1. The van der Waals surface area contributed by atoms with Gasteiger partial charge in [-0.1, -0.05) is 29.8 Å². The van der Waals surface area contributed by atoms with Gasteiger partial charge in [0.15, 0.2) is 0 Å². The second-order valence-corrected chi connectivity index (χ2v) is 12.0. The Labute approximate surface area is 245 Å². The second kappa shape index (κ2) is 13.1. The number of rotatable bonds is 8. The van der Waals surface area contributed by atoms with Gasteiger partial charge in [-0.05, 0) is 69.1 Å². The van der Waals surface area contributed by atoms with Gasteiger partial charge in [0.25, 0.3) is 5.91 Å². The third kappa shape index (κ3) is 6.80. The number of nitrogens with two attached hydrogens (primary N) is 1. The molecule has 11 heteroatoms. The predicted octanol–water partition coefficient (Wildman–Crippen LogP) is 4.19. The fourth-order valence-corrected chi connectivity index (χ4v) is 6.64. The van der Waals surface area contributed by atoms with Crippen molar-refractivity contribution in [2.45, 2.75) is 33.1 Å². The average Bonchev–Trinajstić information content (AvgIpc) is 3.23. The van der Waals surface area contributed by atoms with Crippen molar-refractivity contribution < 1.29 is 9.59 Å². The lowest BCUT2D eigenvalue weighted by Crippen LogP contribution is -2.45. The quantitative estimate of drug-likeness (QED) is 0.210. The third-order valence-corrected chi connectivity index (χ3v) is 9.09. The maximum Gasteiger partial charge on any atom is 0.259 e. The summed E-state index contributed by atoms with van der Waals surface area (Å²) in [4.78, 5) is 32.0. The highest BCUT2D eigenvalue weighted by Crippen LogP contribution is 2.45. The molecule has 1 saturated heterocycles. The van der Waals surface area contributed by atoms with Crippen LogP contribution in [0.3, 0.4) is 0 Å². The normalized spacial score (nSPS) is 19.8. The molecule has 1 aromatic heterocycles. The molecular formula is C29H38ClN7O2S. The number of amides is 2. The number of halogens is 1. The molecule has 0 radical (unpaired) electrons. The molecule has 3 heterocycles. The maximum atomic E-state index is 13.0. The number of primary amides is 1. The van der Waals surface area contributed by atoms with Crippen molar-refractivity contribution in [1.29, 1.82) is 10.8 Å². The summed E-state index contributed by atoms with van der Waals surface area (Å²) in [6, 6.07) is 7.44. The number of piperazine rings is 1. The Kier molecular flexibility index (Phi) is 9.78. The molecule has 5 N–H and O–H groups in total. The molecule has 1 aromatic carbocycles. The van der Waals surface area contributed by atoms with Crippen molar-refractivity contribution in [2.24, 2.45) is 11.7 Å². The monoisotopic (exact) mass is 583 g/mol. The van der Waals surface area contributed by atoms with E-state index in [2.05, 4.69) is 22.2 Å². The summed E-state index contributed by atoms with van der Waals surface area (Å²) in [7, 11) is 2.14. The third-order valence-electron chi connectivity index (χ3n) is 7.55. The molecule has 1 atom stereocenters. The molecule has 0 aliphatic carbocycles. The van der Waals surface area contributed by atoms with Gasteiger partial charge in [0.2, 0.25) is 5.91 Å². The Balaban J connectivity index is 1.56. The van der Waals surface area contributed by atoms with Crippen molar-refractivity contribution >= 4 is 57.0 Å². The highest BCUT2D eigenvalue weighted by Gasteiger charge is 2.33. The number of nitrogens with zero attached hydrogens (tertiary/aromatic N) is 3. The van der Waals surface area contributed by atoms with Gasteiger partial charge in [0, 0.05) is 55.6 Å². The molecule has 2 aromatic rings. The Bertz CT molecular complexity index is 1310. The molecule has 1 unspecified atom stereocenters. The molecule has 40 heavy (non-hydrogen) atoms. The molecule has 1 fully saturated rings. The van der Waals surface area contributed by atoms with E-state index in [0.717, 1.165) is 55.8 Å². The summed E-state index contributed by atoms with van der Waals surface area (Å²) in [6.45, 7) is 9.21. The average molecular weight is 584 g/mol. The van der Waals surface area contributed by atoms with Gasteiger partial charge in [-0.2, -0.15) is 0 Å². The number of hydrogen-bond donors (Lipinski definition) is 4. The van der Waals surface area contributed by atoms with Gasteiger partial charge in [-0.3, -0.25) is 25.3 Å². The zero-order valence-electron chi connectivity index (χ0n) is 23.3. The molecule has 0 spiro atoms. The number of fused-ring (bicyclic) bond motifs is 1. The summed E-state index contributed by atoms with van der Waals surface area (Å²) in [5.41, 5.74) is 8.96. The van der Waals surface area contributed by atoms with Crippen LogP contribution in [0.15, 0.2) is 30.3 Å². The van der Waals surface area contributed by atoms with Gasteiger partial charge in [0.1, 0.15) is 16.7 Å². The van der Waals surface area contributed by atoms with Gasteiger partial charge in [-0.15, -0.1) is 11.3 Å². The molecule has 4 rings (SSSR count). The smallest absolute Gasteiger partial charge is 0.259 e. The van der Waals surface area contributed by atoms with Crippen LogP contribution in [0.1, 0.15) is 52.5 Å². The van der Waals surface area contributed by atoms with E-state index in [1.807, 2.05) is 37.3 Å². The van der Waals surface area contributed by atoms with Crippen LogP contribution in [-0.4, -0.2) is 79.6 Å². The second-order valence-electron chi connectivity index (χ2n) is 10.5. The van der Waals surface area contributed by atoms with E-state index in [1.54, 1.807) is 11.8 Å². The number of allylic oxidation sites excluding steroid dienone is 1. The minimum Gasteiger partial charge on any atom is -0.365 e. The van der Waals surface area contributed by atoms with Crippen molar-refractivity contribution in [2.75, 3.05) is 51.2 Å². The van der Waals surface area contributed by atoms with Crippen LogP contribution in [0.25, 0.3) is 5.57 Å². The molecule has 2 amide bonds. The Morgan fingerprint density at radius 2 is 1.85 bits per heavy atom. The zero-order valence-corrected chi connectivity index (χ0v) is 24.9. The van der Waals surface area contributed by atoms with Crippen LogP contribution in [0.2, 0.25) is 5.02 Å². The molecule has 2 aliphatic heterocycles. The van der Waals surface area contributed by atoms with Gasteiger partial charge in [-0.25, -0.2) is 0 Å². The first kappa shape index (κ1) is 29.9. The number of likely N-dealkylation sites (N-methyl/N-ethyl adjacent to an activating group) is 1. The minimum absolute atomic E-state index is 0.113. The Morgan fingerprint density at radius 1 is 1.18 bits per heavy atom. The van der Waals surface area contributed by atoms with Crippen LogP contribution >= 0.6 is 22.9 Å². The fraction of sp³-hybridized carbons (Fsp3) is 0.448. The Hall–Kier alpha value is -3.05. The number of nitrogens with one attached hydrogen (secondary N) is 3. The molecule has 0 saturated carbocycles. The van der Waals surface area contributed by atoms with Gasteiger partial charge >= 0.3 is 0 Å². The number of carbonyl (C=O) groups excluding carboxylic acids is 2. The van der Waals surface area contributed by atoms with E-state index in [1.165, 1.54) is 11.3 Å². The van der Waals surface area contributed by atoms with E-state index >= 15 is 0 Å². The van der Waals surface area contributed by atoms with E-state index in [4.69, 9.17) is 28.2 Å². The molecule has 2 aliphatic rings. The lowest BCUT2D eigenvalue weighted by molar-refractivity contribution is -0.121. The maximum absolute atomic E-state index is 13.0. The van der Waals surface area contributed by atoms with E-state index in [-0.39, 0.29) is 24.0 Å². The SMILES string of the molecule is CC(=N)N1C(=N)C(CC(=O)NCCCN2CCN(C)CC2)C/C=C(\c2ccc(Cl)cc2)c2c1sc(C(N)=O)c2C. The van der Waals surface area contributed by atoms with Crippen molar-refractivity contribution in [3.05, 3.63) is 56.9 Å². The van der Waals surface area contributed by atoms with Crippen LogP contribution in [0, 0.1) is 23.7 Å². The number of carbonyl (C=O) groups is 2. The number of benzene rings is 1. The fourth-order valence-electron chi connectivity index (χ4n) is 5.28. The molecule has 214 valence electrons. The summed E-state index contributed by atoms with van der Waals surface area (Å²) in [6.07, 6.45) is 3.46. The predicted molar refractivity (Wildman–Crippen MR) is 164 cm³/mol. The van der Waals surface area contributed by atoms with E-state index in [9.17, 15) is 9.59 Å². The molecule has 0 bridgehead atoms. The minimum atomic E-state index is -0.550. The standard InChI is InChI=1S/C29H38ClN7O2S/c1-18-25-23(20-5-8-22(30)9-6-20)10-7-21(27(32)37(19(2)31)29(25)40-26(18)28(33)39)17-24(38)34-11-4-12-36-15-13-35(3)14-16-36/h5-6,8-10,21,31-32H,4,7,11-17H2,1-3H3,(H2,33,39)(H,34,38)/b23-10+,31-19?,32-27?. The number of amidine groups is 2. The van der Waals surface area contributed by atoms with Crippen molar-refractivity contribution in [3.8, 4) is 0 Å². The van der Waals surface area contributed by atoms with E-state index < -0.39 is 11.8 Å². The number of hydrogen-bond acceptors (Lipinski definition) is 7. The first-order valence-corrected chi connectivity index (χ1v) is 14.8. The lowest BCUT2D eigenvalue weighted by Gasteiger charge is -2.32. The number of thiophene rings is 1. The molecular weight excluding hydrogens is 546 g/mol. The lowest BCUT2D eigenvalue weighted by atomic mass is 9.89. The first-order chi connectivity index (χ1) is 19.1. The summed E-state index contributed by atoms with van der Waals surface area (Å²) < 4.78 is 0. The largest absolute Gasteiger partial charge is 0.365 e. The van der Waals surface area contributed by atoms with Crippen molar-refractivity contribution in [3.63, 3.8) is 0 Å². The van der Waals surface area contributed by atoms with Gasteiger partial charge in [0.05, 0.1) is 4.88 Å². The summed E-state index contributed by atoms with van der Waals surface area (Å²) >= 11 is 7.34. The van der Waals surface area contributed by atoms with Crippen LogP contribution in [0.5, 0.6) is 0 Å².